The van der Waals surface area contributed by atoms with Gasteiger partial charge in [-0.2, -0.15) is 0 Å². The van der Waals surface area contributed by atoms with Gasteiger partial charge in [-0.05, 0) is 195 Å². The Labute approximate surface area is 444 Å². The zero-order valence-corrected chi connectivity index (χ0v) is 48.9. The zero-order valence-electron chi connectivity index (χ0n) is 48.9. The molecule has 0 aromatic rings. The van der Waals surface area contributed by atoms with E-state index < -0.39 is 0 Å². The third kappa shape index (κ3) is 12.5. The summed E-state index contributed by atoms with van der Waals surface area (Å²) in [6.07, 6.45) is 47.2. The van der Waals surface area contributed by atoms with Crippen LogP contribution in [0.4, 0.5) is 0 Å². The number of esters is 2. The Balaban J connectivity index is 0.643. The molecule has 72 heavy (non-hydrogen) atoms. The van der Waals surface area contributed by atoms with Crippen LogP contribution in [0.25, 0.3) is 0 Å². The molecule has 8 aliphatic rings. The van der Waals surface area contributed by atoms with Crippen LogP contribution in [0.2, 0.25) is 0 Å². The van der Waals surface area contributed by atoms with Crippen LogP contribution in [0.5, 0.6) is 0 Å². The van der Waals surface area contributed by atoms with Crippen LogP contribution < -0.4 is 0 Å². The molecule has 410 valence electrons. The molecule has 4 heteroatoms. The maximum atomic E-state index is 13.0. The predicted molar refractivity (Wildman–Crippen MR) is 301 cm³/mol. The van der Waals surface area contributed by atoms with Crippen LogP contribution in [-0.2, 0) is 19.1 Å². The number of unbranched alkanes of at least 4 members (excludes halogenated alkanes) is 9. The molecule has 0 aromatic carbocycles. The van der Waals surface area contributed by atoms with Gasteiger partial charge in [-0.25, -0.2) is 0 Å². The van der Waals surface area contributed by atoms with Gasteiger partial charge < -0.3 is 9.47 Å². The van der Waals surface area contributed by atoms with Crippen LogP contribution in [0.15, 0.2) is 23.3 Å². The second kappa shape index (κ2) is 24.8. The lowest BCUT2D eigenvalue weighted by atomic mass is 9.47. The van der Waals surface area contributed by atoms with Gasteiger partial charge in [-0.3, -0.25) is 9.59 Å². The molecule has 0 radical (unpaired) electrons. The Hall–Kier alpha value is -1.58. The van der Waals surface area contributed by atoms with Gasteiger partial charge in [0.15, 0.2) is 0 Å². The fourth-order valence-electron chi connectivity index (χ4n) is 19.9. The van der Waals surface area contributed by atoms with Gasteiger partial charge in [0.05, 0.1) is 0 Å². The summed E-state index contributed by atoms with van der Waals surface area (Å²) in [4.78, 5) is 26.1. The molecular formula is C68H114O4. The molecule has 6 fully saturated rings. The summed E-state index contributed by atoms with van der Waals surface area (Å²) < 4.78 is 12.4. The van der Waals surface area contributed by atoms with Crippen molar-refractivity contribution in [3.63, 3.8) is 0 Å². The number of rotatable bonds is 25. The molecule has 2 unspecified atom stereocenters. The molecule has 0 saturated heterocycles. The van der Waals surface area contributed by atoms with Crippen molar-refractivity contribution >= 4 is 11.9 Å². The third-order valence-corrected chi connectivity index (χ3v) is 24.1. The average molecular weight is 996 g/mol. The van der Waals surface area contributed by atoms with Gasteiger partial charge in [-0.1, -0.05) is 182 Å². The Bertz CT molecular complexity index is 1690. The van der Waals surface area contributed by atoms with E-state index in [1.165, 1.54) is 154 Å². The Morgan fingerprint density at radius 1 is 0.458 bits per heavy atom. The molecule has 0 amide bonds. The van der Waals surface area contributed by atoms with Crippen molar-refractivity contribution in [2.45, 2.75) is 300 Å². The molecule has 0 aromatic heterocycles. The number of carbonyl (C=O) groups excluding carboxylic acids is 2. The van der Waals surface area contributed by atoms with Crippen LogP contribution in [-0.4, -0.2) is 24.1 Å². The Kier molecular flexibility index (Phi) is 19.5. The van der Waals surface area contributed by atoms with E-state index in [0.717, 1.165) is 122 Å². The number of fused-ring (bicyclic) bond motifs is 10. The zero-order chi connectivity index (χ0) is 51.3. The summed E-state index contributed by atoms with van der Waals surface area (Å²) in [6, 6.07) is 0. The number of allylic oxidation sites excluding steroid dienone is 2. The fourth-order valence-corrected chi connectivity index (χ4v) is 19.9. The first-order valence-corrected chi connectivity index (χ1v) is 32.2. The normalized spacial score (nSPS) is 38.9. The molecule has 4 nitrogen and oxygen atoms in total. The molecule has 0 spiro atoms. The minimum absolute atomic E-state index is 0.0392. The first-order chi connectivity index (χ1) is 34.5. The number of ether oxygens (including phenoxy) is 2. The second-order valence-corrected chi connectivity index (χ2v) is 29.3. The van der Waals surface area contributed by atoms with E-state index in [-0.39, 0.29) is 24.1 Å². The summed E-state index contributed by atoms with van der Waals surface area (Å²) in [5.74, 6) is 10.4. The highest BCUT2D eigenvalue weighted by Crippen LogP contribution is 2.69. The summed E-state index contributed by atoms with van der Waals surface area (Å²) in [5.41, 5.74) is 4.95. The molecule has 8 rings (SSSR count). The predicted octanol–water partition coefficient (Wildman–Crippen LogP) is 19.6. The van der Waals surface area contributed by atoms with E-state index in [0.29, 0.717) is 34.5 Å². The second-order valence-electron chi connectivity index (χ2n) is 29.3. The van der Waals surface area contributed by atoms with E-state index in [1.54, 1.807) is 11.1 Å². The molecule has 0 aliphatic heterocycles. The Morgan fingerprint density at radius 2 is 0.833 bits per heavy atom. The summed E-state index contributed by atoms with van der Waals surface area (Å²) >= 11 is 0. The fraction of sp³-hybridized carbons (Fsp3) is 0.912. The quantitative estimate of drug-likeness (QED) is 0.0520. The minimum Gasteiger partial charge on any atom is -0.462 e. The maximum Gasteiger partial charge on any atom is 0.306 e. The van der Waals surface area contributed by atoms with Crippen molar-refractivity contribution in [3.05, 3.63) is 23.3 Å². The van der Waals surface area contributed by atoms with E-state index in [4.69, 9.17) is 9.47 Å². The highest BCUT2D eigenvalue weighted by Gasteiger charge is 2.61. The van der Waals surface area contributed by atoms with Crippen LogP contribution >= 0.6 is 0 Å². The van der Waals surface area contributed by atoms with Gasteiger partial charge >= 0.3 is 11.9 Å². The highest BCUT2D eigenvalue weighted by molar-refractivity contribution is 5.70. The number of hydrogen-bond acceptors (Lipinski definition) is 4. The van der Waals surface area contributed by atoms with Crippen molar-refractivity contribution in [2.75, 3.05) is 0 Å². The standard InChI is InChI=1S/C68H114O4/c1-47(2)23-21-25-49(5)57-33-35-59-55-31-29-51-45-53(37-41-65(51,7)61(55)39-43-67(57,59)9)71-63(69)27-19-17-15-13-11-12-14-16-18-20-28-64(70)72-54-38-42-66(8)52(46-54)30-32-56-60-36-34-58(50(6)26-22-24-48(3)4)68(60,10)44-40-62(56)66/h29-30,47-50,53-62H,11-28,31-46H2,1-10H3/t49-,50-,53?,54?,55+,56+,57-,58-,59+,60+,61+,62+,65+,66+,67-,68-/m1/s1. The summed E-state index contributed by atoms with van der Waals surface area (Å²) in [6.45, 7) is 25.3. The number of hydrogen-bond donors (Lipinski definition) is 0. The molecule has 0 bridgehead atoms. The van der Waals surface area contributed by atoms with E-state index in [2.05, 4.69) is 81.4 Å². The molecular weight excluding hydrogens is 881 g/mol. The average Bonchev–Trinajstić information content (AvgIpc) is 3.89. The lowest BCUT2D eigenvalue weighted by Gasteiger charge is -2.58. The maximum absolute atomic E-state index is 13.0. The van der Waals surface area contributed by atoms with E-state index in [9.17, 15) is 9.59 Å². The van der Waals surface area contributed by atoms with E-state index >= 15 is 0 Å². The van der Waals surface area contributed by atoms with Gasteiger partial charge in [-0.15, -0.1) is 0 Å². The smallest absolute Gasteiger partial charge is 0.306 e. The summed E-state index contributed by atoms with van der Waals surface area (Å²) in [5, 5.41) is 0. The van der Waals surface area contributed by atoms with Crippen molar-refractivity contribution in [2.24, 2.45) is 92.7 Å². The lowest BCUT2D eigenvalue weighted by molar-refractivity contribution is -0.152. The van der Waals surface area contributed by atoms with Crippen molar-refractivity contribution in [1.82, 2.24) is 0 Å². The monoisotopic (exact) mass is 995 g/mol. The largest absolute Gasteiger partial charge is 0.462 e. The molecule has 0 N–H and O–H groups in total. The molecule has 6 saturated carbocycles. The highest BCUT2D eigenvalue weighted by atomic mass is 16.5. The molecule has 16 atom stereocenters. The van der Waals surface area contributed by atoms with Gasteiger partial charge in [0.25, 0.3) is 0 Å². The van der Waals surface area contributed by atoms with E-state index in [1.807, 2.05) is 0 Å². The third-order valence-electron chi connectivity index (χ3n) is 24.1. The van der Waals surface area contributed by atoms with Crippen LogP contribution in [0, 0.1) is 92.7 Å². The lowest BCUT2D eigenvalue weighted by Crippen LogP contribution is -2.51. The Morgan fingerprint density at radius 3 is 1.21 bits per heavy atom. The van der Waals surface area contributed by atoms with Gasteiger partial charge in [0.2, 0.25) is 0 Å². The van der Waals surface area contributed by atoms with Gasteiger partial charge in [0, 0.05) is 25.7 Å². The van der Waals surface area contributed by atoms with Crippen molar-refractivity contribution in [1.29, 1.82) is 0 Å². The van der Waals surface area contributed by atoms with Crippen LogP contribution in [0.1, 0.15) is 288 Å². The van der Waals surface area contributed by atoms with Gasteiger partial charge in [0.1, 0.15) is 12.2 Å². The summed E-state index contributed by atoms with van der Waals surface area (Å²) in [7, 11) is 0. The van der Waals surface area contributed by atoms with Crippen molar-refractivity contribution in [3.8, 4) is 0 Å². The first kappa shape index (κ1) is 56.6. The molecule has 8 aliphatic carbocycles. The first-order valence-electron chi connectivity index (χ1n) is 32.2. The minimum atomic E-state index is 0.0392. The molecule has 0 heterocycles. The topological polar surface area (TPSA) is 52.6 Å². The van der Waals surface area contributed by atoms with Crippen LogP contribution in [0.3, 0.4) is 0 Å². The number of carbonyl (C=O) groups is 2. The SMILES string of the molecule is CC(C)CCC[C@@H](C)[C@H]1CC[C@H]2[C@@H]3CC=C4CC(OC(=O)CCCCCCCCCCCCC(=O)OC5CC[C@@]6(C)C(=CC[C@H]7[C@@H]8CC[C@H]([C@H](C)CCCC(C)C)[C@@]8(C)CC[C@@H]76)C5)CC[C@]4(C)[C@H]3CC[C@]12C. The van der Waals surface area contributed by atoms with Crippen molar-refractivity contribution < 1.29 is 19.1 Å².